The van der Waals surface area contributed by atoms with Crippen LogP contribution in [-0.2, 0) is 0 Å². The summed E-state index contributed by atoms with van der Waals surface area (Å²) in [7, 11) is 0. The molecule has 0 N–H and O–H groups in total. The molecule has 0 aromatic heterocycles. The van der Waals surface area contributed by atoms with Gasteiger partial charge in [-0.25, -0.2) is 4.39 Å². The normalized spacial score (nSPS) is 11.1. The minimum absolute atomic E-state index is 0.0174. The van der Waals surface area contributed by atoms with E-state index < -0.39 is 0 Å². The summed E-state index contributed by atoms with van der Waals surface area (Å²) in [6.45, 7) is 10.6. The van der Waals surface area contributed by atoms with Gasteiger partial charge in [0.1, 0.15) is 5.82 Å². The average molecular weight is 251 g/mol. The van der Waals surface area contributed by atoms with Gasteiger partial charge in [0, 0.05) is 18.2 Å². The molecule has 0 aliphatic carbocycles. The second-order valence-electron chi connectivity index (χ2n) is 5.40. The highest BCUT2D eigenvalue weighted by molar-refractivity contribution is 5.95. The third-order valence-corrected chi connectivity index (χ3v) is 2.86. The van der Waals surface area contributed by atoms with Gasteiger partial charge in [0.25, 0.3) is 5.91 Å². The highest BCUT2D eigenvalue weighted by atomic mass is 19.1. The Hall–Kier alpha value is -1.38. The molecule has 0 saturated carbocycles. The van der Waals surface area contributed by atoms with Crippen LogP contribution in [0.5, 0.6) is 0 Å². The third kappa shape index (κ3) is 3.56. The lowest BCUT2D eigenvalue weighted by Gasteiger charge is -2.29. The van der Waals surface area contributed by atoms with Crippen molar-refractivity contribution in [3.8, 4) is 0 Å². The van der Waals surface area contributed by atoms with Crippen LogP contribution in [0.3, 0.4) is 0 Å². The Labute approximate surface area is 109 Å². The summed E-state index contributed by atoms with van der Waals surface area (Å²) < 4.78 is 13.1. The van der Waals surface area contributed by atoms with E-state index in [9.17, 15) is 9.18 Å². The molecule has 1 rings (SSSR count). The van der Waals surface area contributed by atoms with Gasteiger partial charge in [0.15, 0.2) is 0 Å². The molecule has 0 fully saturated rings. The molecule has 0 heterocycles. The predicted octanol–water partition coefficient (Wildman–Crippen LogP) is 3.64. The van der Waals surface area contributed by atoms with Crippen LogP contribution in [0.4, 0.5) is 4.39 Å². The highest BCUT2D eigenvalue weighted by Gasteiger charge is 2.21. The van der Waals surface area contributed by atoms with Gasteiger partial charge in [-0.15, -0.1) is 0 Å². The lowest BCUT2D eigenvalue weighted by molar-refractivity contribution is 0.0681. The molecule has 18 heavy (non-hydrogen) atoms. The number of aryl methyl sites for hydroxylation is 1. The monoisotopic (exact) mass is 251 g/mol. The summed E-state index contributed by atoms with van der Waals surface area (Å²) >= 11 is 0. The zero-order chi connectivity index (χ0) is 13.9. The highest BCUT2D eigenvalue weighted by Crippen LogP contribution is 2.16. The Balaban J connectivity index is 3.02. The van der Waals surface area contributed by atoms with Crippen molar-refractivity contribution in [2.45, 2.75) is 40.7 Å². The Morgan fingerprint density at radius 1 is 1.28 bits per heavy atom. The van der Waals surface area contributed by atoms with E-state index in [4.69, 9.17) is 0 Å². The van der Waals surface area contributed by atoms with Crippen LogP contribution in [0.25, 0.3) is 0 Å². The maximum absolute atomic E-state index is 13.1. The number of hydrogen-bond donors (Lipinski definition) is 0. The van der Waals surface area contributed by atoms with Gasteiger partial charge in [-0.1, -0.05) is 13.8 Å². The van der Waals surface area contributed by atoms with Crippen molar-refractivity contribution in [1.29, 1.82) is 0 Å². The smallest absolute Gasteiger partial charge is 0.254 e. The van der Waals surface area contributed by atoms with Crippen molar-refractivity contribution in [2.75, 3.05) is 6.54 Å². The molecule has 0 saturated heterocycles. The topological polar surface area (TPSA) is 20.3 Å². The van der Waals surface area contributed by atoms with Gasteiger partial charge in [-0.2, -0.15) is 0 Å². The van der Waals surface area contributed by atoms with E-state index in [1.165, 1.54) is 12.1 Å². The van der Waals surface area contributed by atoms with Crippen LogP contribution in [0, 0.1) is 18.7 Å². The number of halogens is 1. The van der Waals surface area contributed by atoms with Gasteiger partial charge in [0.05, 0.1) is 0 Å². The molecule has 2 nitrogen and oxygen atoms in total. The van der Waals surface area contributed by atoms with Gasteiger partial charge in [-0.05, 0) is 50.5 Å². The molecule has 100 valence electrons. The molecule has 0 radical (unpaired) electrons. The summed E-state index contributed by atoms with van der Waals surface area (Å²) in [5, 5.41) is 0. The van der Waals surface area contributed by atoms with Gasteiger partial charge >= 0.3 is 0 Å². The quantitative estimate of drug-likeness (QED) is 0.800. The van der Waals surface area contributed by atoms with Crippen molar-refractivity contribution in [1.82, 2.24) is 4.90 Å². The fourth-order valence-corrected chi connectivity index (χ4v) is 1.94. The summed E-state index contributed by atoms with van der Waals surface area (Å²) in [6, 6.07) is 4.46. The number of nitrogens with zero attached hydrogens (tertiary/aromatic N) is 1. The first-order valence-electron chi connectivity index (χ1n) is 6.40. The Bertz CT molecular complexity index is 427. The number of amides is 1. The van der Waals surface area contributed by atoms with Gasteiger partial charge < -0.3 is 4.90 Å². The van der Waals surface area contributed by atoms with Crippen molar-refractivity contribution < 1.29 is 9.18 Å². The van der Waals surface area contributed by atoms with Crippen molar-refractivity contribution >= 4 is 5.91 Å². The lowest BCUT2D eigenvalue weighted by atomic mass is 10.1. The third-order valence-electron chi connectivity index (χ3n) is 2.86. The van der Waals surface area contributed by atoms with E-state index in [-0.39, 0.29) is 17.8 Å². The van der Waals surface area contributed by atoms with Crippen LogP contribution in [-0.4, -0.2) is 23.4 Å². The molecule has 1 aromatic carbocycles. The van der Waals surface area contributed by atoms with E-state index in [0.29, 0.717) is 23.6 Å². The first-order valence-corrected chi connectivity index (χ1v) is 6.40. The molecule has 0 unspecified atom stereocenters. The van der Waals surface area contributed by atoms with Gasteiger partial charge in [-0.3, -0.25) is 4.79 Å². The molecular formula is C15H22FNO. The zero-order valence-electron chi connectivity index (χ0n) is 11.8. The lowest BCUT2D eigenvalue weighted by Crippen LogP contribution is -2.39. The summed E-state index contributed by atoms with van der Waals surface area (Å²) in [4.78, 5) is 14.3. The molecule has 0 bridgehead atoms. The number of carbonyl (C=O) groups excluding carboxylic acids is 1. The standard InChI is InChI=1S/C15H22FNO/c1-10(2)9-17(11(3)4)15(18)14-7-6-13(16)8-12(14)5/h6-8,10-11H,9H2,1-5H3. The molecule has 0 spiro atoms. The second kappa shape index (κ2) is 5.98. The molecule has 0 aliphatic rings. The SMILES string of the molecule is Cc1cc(F)ccc1C(=O)N(CC(C)C)C(C)C. The largest absolute Gasteiger partial charge is 0.336 e. The molecule has 3 heteroatoms. The van der Waals surface area contributed by atoms with Crippen molar-refractivity contribution in [2.24, 2.45) is 5.92 Å². The average Bonchev–Trinajstić information content (AvgIpc) is 2.24. The molecule has 0 aliphatic heterocycles. The Kier molecular flexibility index (Phi) is 4.88. The second-order valence-corrected chi connectivity index (χ2v) is 5.40. The maximum atomic E-state index is 13.1. The molecule has 1 amide bonds. The fourth-order valence-electron chi connectivity index (χ4n) is 1.94. The Morgan fingerprint density at radius 3 is 2.33 bits per heavy atom. The van der Waals surface area contributed by atoms with Crippen LogP contribution < -0.4 is 0 Å². The van der Waals surface area contributed by atoms with Crippen LogP contribution in [0.1, 0.15) is 43.6 Å². The molecular weight excluding hydrogens is 229 g/mol. The van der Waals surface area contributed by atoms with E-state index in [0.717, 1.165) is 0 Å². The molecule has 0 atom stereocenters. The Morgan fingerprint density at radius 2 is 1.89 bits per heavy atom. The van der Waals surface area contributed by atoms with E-state index >= 15 is 0 Å². The number of benzene rings is 1. The number of hydrogen-bond acceptors (Lipinski definition) is 1. The van der Waals surface area contributed by atoms with Crippen LogP contribution >= 0.6 is 0 Å². The summed E-state index contributed by atoms with van der Waals surface area (Å²) in [5.74, 6) is 0.0947. The van der Waals surface area contributed by atoms with Crippen LogP contribution in [0.15, 0.2) is 18.2 Å². The zero-order valence-corrected chi connectivity index (χ0v) is 11.8. The number of carbonyl (C=O) groups is 1. The predicted molar refractivity (Wildman–Crippen MR) is 72.1 cm³/mol. The van der Waals surface area contributed by atoms with Gasteiger partial charge in [0.2, 0.25) is 0 Å². The van der Waals surface area contributed by atoms with Crippen molar-refractivity contribution in [3.63, 3.8) is 0 Å². The first-order chi connectivity index (χ1) is 8.32. The minimum atomic E-state index is -0.302. The first kappa shape index (κ1) is 14.7. The number of rotatable bonds is 4. The minimum Gasteiger partial charge on any atom is -0.336 e. The van der Waals surface area contributed by atoms with E-state index in [1.807, 2.05) is 18.7 Å². The van der Waals surface area contributed by atoms with Crippen LogP contribution in [0.2, 0.25) is 0 Å². The summed E-state index contributed by atoms with van der Waals surface area (Å²) in [5.41, 5.74) is 1.28. The maximum Gasteiger partial charge on any atom is 0.254 e. The van der Waals surface area contributed by atoms with Crippen molar-refractivity contribution in [3.05, 3.63) is 35.1 Å². The summed E-state index contributed by atoms with van der Waals surface area (Å²) in [6.07, 6.45) is 0. The van der Waals surface area contributed by atoms with E-state index in [1.54, 1.807) is 13.0 Å². The van der Waals surface area contributed by atoms with E-state index in [2.05, 4.69) is 13.8 Å². The molecule has 1 aromatic rings. The fraction of sp³-hybridized carbons (Fsp3) is 0.533.